The molecule has 0 aliphatic carbocycles. The number of aromatic amines is 1. The lowest BCUT2D eigenvalue weighted by Gasteiger charge is -2.36. The number of ether oxygens (including phenoxy) is 1. The Morgan fingerprint density at radius 2 is 2.06 bits per heavy atom. The second-order valence-electron chi connectivity index (χ2n) is 8.41. The van der Waals surface area contributed by atoms with Gasteiger partial charge in [-0.15, -0.1) is 0 Å². The summed E-state index contributed by atoms with van der Waals surface area (Å²) in [4.78, 5) is 19.8. The first-order chi connectivity index (χ1) is 15.8. The Hall–Kier alpha value is -2.56. The molecule has 4 heterocycles. The molecule has 2 atom stereocenters. The number of fused-ring (bicyclic) bond motifs is 1. The lowest BCUT2D eigenvalue weighted by molar-refractivity contribution is 0.0925. The Labute approximate surface area is 194 Å². The normalized spacial score (nSPS) is 18.1. The minimum absolute atomic E-state index is 0.0663. The van der Waals surface area contributed by atoms with Crippen LogP contribution in [-0.2, 0) is 20.3 Å². The number of anilines is 1. The van der Waals surface area contributed by atoms with Crippen molar-refractivity contribution in [3.63, 3.8) is 0 Å². The van der Waals surface area contributed by atoms with E-state index in [1.165, 1.54) is 0 Å². The Morgan fingerprint density at radius 1 is 1.24 bits per heavy atom. The van der Waals surface area contributed by atoms with E-state index in [-0.39, 0.29) is 23.6 Å². The van der Waals surface area contributed by atoms with Crippen LogP contribution in [0.15, 0.2) is 24.3 Å². The van der Waals surface area contributed by atoms with Crippen LogP contribution < -0.4 is 10.2 Å². The highest BCUT2D eigenvalue weighted by Crippen LogP contribution is 2.26. The van der Waals surface area contributed by atoms with Crippen LogP contribution in [0.1, 0.15) is 44.6 Å². The average Bonchev–Trinajstić information content (AvgIpc) is 3.26. The maximum atomic E-state index is 12.4. The summed E-state index contributed by atoms with van der Waals surface area (Å²) in [7, 11) is -1.34. The maximum Gasteiger partial charge on any atom is 0.180 e. The van der Waals surface area contributed by atoms with Gasteiger partial charge in [-0.2, -0.15) is 0 Å². The van der Waals surface area contributed by atoms with Crippen LogP contribution in [0.4, 0.5) is 5.82 Å². The first kappa shape index (κ1) is 23.6. The van der Waals surface area contributed by atoms with Crippen molar-refractivity contribution >= 4 is 26.7 Å². The average molecular weight is 473 g/mol. The van der Waals surface area contributed by atoms with Crippen LogP contribution in [0.3, 0.4) is 0 Å². The number of sulfone groups is 1. The van der Waals surface area contributed by atoms with Crippen LogP contribution in [0.2, 0.25) is 0 Å². The monoisotopic (exact) mass is 472 g/mol. The number of hydrogen-bond acceptors (Lipinski definition) is 8. The zero-order valence-electron chi connectivity index (χ0n) is 19.6. The lowest BCUT2D eigenvalue weighted by Crippen LogP contribution is -2.45. The fourth-order valence-electron chi connectivity index (χ4n) is 3.98. The number of nitrogens with one attached hydrogen (secondary N) is 2. The minimum atomic E-state index is -3.25. The van der Waals surface area contributed by atoms with E-state index in [1.807, 2.05) is 25.2 Å². The summed E-state index contributed by atoms with van der Waals surface area (Å²) in [5.41, 5.74) is 3.89. The number of hydrogen-bond donors (Lipinski definition) is 2. The van der Waals surface area contributed by atoms with Crippen molar-refractivity contribution in [2.45, 2.75) is 45.0 Å². The topological polar surface area (TPSA) is 113 Å². The number of rotatable bonds is 8. The number of nitrogens with zero attached hydrogens (tertiary/aromatic N) is 4. The summed E-state index contributed by atoms with van der Waals surface area (Å²) in [6.45, 7) is 7.77. The maximum absolute atomic E-state index is 12.4. The van der Waals surface area contributed by atoms with Gasteiger partial charge in [-0.1, -0.05) is 13.8 Å². The Morgan fingerprint density at radius 3 is 2.79 bits per heavy atom. The third-order valence-electron chi connectivity index (χ3n) is 6.19. The summed E-state index contributed by atoms with van der Waals surface area (Å²) in [5, 5.41) is 3.22. The van der Waals surface area contributed by atoms with E-state index in [4.69, 9.17) is 14.7 Å². The number of H-pyrrole nitrogens is 1. The molecule has 0 aromatic carbocycles. The molecule has 3 aromatic heterocycles. The standard InChI is InChI=1S/C23H32N6O3S/c1-5-17-13-32-10-9-29(17)22-11-16(14-33(30,31)6-2)25-23(28-22)19-8-7-18-21(27-19)12-20(26-18)15(3)24-4/h7-8,11-12,15,17,24,26H,5-6,9-10,13-14H2,1-4H3/t15-,17?/m0/s1. The smallest absolute Gasteiger partial charge is 0.180 e. The van der Waals surface area contributed by atoms with Gasteiger partial charge in [-0.25, -0.2) is 23.4 Å². The van der Waals surface area contributed by atoms with E-state index in [0.717, 1.165) is 29.0 Å². The zero-order valence-corrected chi connectivity index (χ0v) is 20.4. The van der Waals surface area contributed by atoms with Gasteiger partial charge in [0.15, 0.2) is 15.7 Å². The van der Waals surface area contributed by atoms with Crippen LogP contribution in [0.25, 0.3) is 22.6 Å². The van der Waals surface area contributed by atoms with Crippen LogP contribution in [0.5, 0.6) is 0 Å². The van der Waals surface area contributed by atoms with E-state index in [9.17, 15) is 8.42 Å². The van der Waals surface area contributed by atoms with Crippen molar-refractivity contribution in [3.05, 3.63) is 35.7 Å². The molecule has 4 rings (SSSR count). The van der Waals surface area contributed by atoms with E-state index < -0.39 is 9.84 Å². The third kappa shape index (κ3) is 5.18. The summed E-state index contributed by atoms with van der Waals surface area (Å²) in [5.74, 6) is 1.10. The summed E-state index contributed by atoms with van der Waals surface area (Å²) >= 11 is 0. The van der Waals surface area contributed by atoms with E-state index in [1.54, 1.807) is 13.0 Å². The highest BCUT2D eigenvalue weighted by molar-refractivity contribution is 7.90. The molecule has 178 valence electrons. The Bertz CT molecular complexity index is 1230. The first-order valence-electron chi connectivity index (χ1n) is 11.4. The molecule has 33 heavy (non-hydrogen) atoms. The molecular weight excluding hydrogens is 440 g/mol. The molecule has 0 spiro atoms. The molecule has 2 N–H and O–H groups in total. The molecule has 10 heteroatoms. The second kappa shape index (κ2) is 9.74. The molecular formula is C23H32N6O3S. The number of aromatic nitrogens is 4. The SMILES string of the molecule is CCC1COCCN1c1cc(CS(=O)(=O)CC)nc(-c2ccc3[nH]c([C@H](C)NC)cc3n2)n1. The summed E-state index contributed by atoms with van der Waals surface area (Å²) in [6.07, 6.45) is 0.905. The molecule has 0 radical (unpaired) electrons. The van der Waals surface area contributed by atoms with Crippen LogP contribution in [-0.4, -0.2) is 67.0 Å². The Kier molecular flexibility index (Phi) is 6.96. The van der Waals surface area contributed by atoms with Crippen LogP contribution >= 0.6 is 0 Å². The molecule has 0 bridgehead atoms. The van der Waals surface area contributed by atoms with Gasteiger partial charge in [0.25, 0.3) is 0 Å². The number of pyridine rings is 1. The van der Waals surface area contributed by atoms with Crippen molar-refractivity contribution in [2.24, 2.45) is 0 Å². The third-order valence-corrected chi connectivity index (χ3v) is 7.81. The van der Waals surface area contributed by atoms with Crippen LogP contribution in [0, 0.1) is 0 Å². The van der Waals surface area contributed by atoms with Gasteiger partial charge in [0, 0.05) is 30.1 Å². The van der Waals surface area contributed by atoms with E-state index in [0.29, 0.717) is 37.0 Å². The van der Waals surface area contributed by atoms with Gasteiger partial charge >= 0.3 is 0 Å². The predicted octanol–water partition coefficient (Wildman–Crippen LogP) is 2.85. The highest BCUT2D eigenvalue weighted by atomic mass is 32.2. The van der Waals surface area contributed by atoms with Gasteiger partial charge in [0.2, 0.25) is 0 Å². The van der Waals surface area contributed by atoms with E-state index in [2.05, 4.69) is 34.0 Å². The molecule has 1 aliphatic rings. The fraction of sp³-hybridized carbons (Fsp3) is 0.522. The molecule has 1 saturated heterocycles. The summed E-state index contributed by atoms with van der Waals surface area (Å²) in [6, 6.07) is 8.00. The van der Waals surface area contributed by atoms with Crippen molar-refractivity contribution in [1.29, 1.82) is 0 Å². The molecule has 3 aromatic rings. The number of morpholine rings is 1. The predicted molar refractivity (Wildman–Crippen MR) is 130 cm³/mol. The molecule has 1 fully saturated rings. The van der Waals surface area contributed by atoms with Gasteiger partial charge in [0.05, 0.1) is 41.7 Å². The van der Waals surface area contributed by atoms with Gasteiger partial charge in [-0.05, 0) is 38.6 Å². The van der Waals surface area contributed by atoms with Crippen molar-refractivity contribution in [2.75, 3.05) is 37.5 Å². The van der Waals surface area contributed by atoms with Crippen molar-refractivity contribution < 1.29 is 13.2 Å². The molecule has 1 aliphatic heterocycles. The second-order valence-corrected chi connectivity index (χ2v) is 10.8. The molecule has 1 unspecified atom stereocenters. The zero-order chi connectivity index (χ0) is 23.6. The highest BCUT2D eigenvalue weighted by Gasteiger charge is 2.25. The first-order valence-corrected chi connectivity index (χ1v) is 13.3. The van der Waals surface area contributed by atoms with E-state index >= 15 is 0 Å². The minimum Gasteiger partial charge on any atom is -0.377 e. The lowest BCUT2D eigenvalue weighted by atomic mass is 10.1. The quantitative estimate of drug-likeness (QED) is 0.515. The summed E-state index contributed by atoms with van der Waals surface area (Å²) < 4.78 is 30.4. The van der Waals surface area contributed by atoms with Gasteiger partial charge in [-0.3, -0.25) is 0 Å². The van der Waals surface area contributed by atoms with Crippen molar-refractivity contribution in [3.8, 4) is 11.5 Å². The molecule has 0 amide bonds. The fourth-order valence-corrected chi connectivity index (χ4v) is 4.79. The van der Waals surface area contributed by atoms with Gasteiger partial charge < -0.3 is 19.9 Å². The largest absolute Gasteiger partial charge is 0.377 e. The molecule has 0 saturated carbocycles. The van der Waals surface area contributed by atoms with Gasteiger partial charge in [0.1, 0.15) is 11.5 Å². The molecule has 9 nitrogen and oxygen atoms in total. The van der Waals surface area contributed by atoms with Crippen molar-refractivity contribution in [1.82, 2.24) is 25.3 Å². The Balaban J connectivity index is 1.79.